The van der Waals surface area contributed by atoms with Gasteiger partial charge < -0.3 is 5.43 Å². The van der Waals surface area contributed by atoms with Crippen LogP contribution in [0, 0.1) is 5.92 Å². The standard InChI is InChI=1S/C12H21N5/c1-9(2)17(7-10-3-4-10)8-11-5-15-12(16-13)6-14-11/h5-6,9-10H,3-4,7-8,13H2,1-2H3,(H,15,16). The molecule has 5 nitrogen and oxygen atoms in total. The van der Waals surface area contributed by atoms with Crippen LogP contribution < -0.4 is 11.3 Å². The number of nitrogens with one attached hydrogen (secondary N) is 1. The van der Waals surface area contributed by atoms with Gasteiger partial charge in [-0.25, -0.2) is 10.8 Å². The van der Waals surface area contributed by atoms with Crippen LogP contribution >= 0.6 is 0 Å². The zero-order chi connectivity index (χ0) is 12.3. The van der Waals surface area contributed by atoms with E-state index >= 15 is 0 Å². The zero-order valence-electron chi connectivity index (χ0n) is 10.6. The van der Waals surface area contributed by atoms with Crippen molar-refractivity contribution in [3.63, 3.8) is 0 Å². The molecule has 1 saturated carbocycles. The molecule has 0 amide bonds. The van der Waals surface area contributed by atoms with Gasteiger partial charge >= 0.3 is 0 Å². The SMILES string of the molecule is CC(C)N(Cc1cnc(NN)cn1)CC1CC1. The molecule has 1 aliphatic rings. The van der Waals surface area contributed by atoms with Crippen molar-refractivity contribution in [2.75, 3.05) is 12.0 Å². The Kier molecular flexibility index (Phi) is 3.91. The maximum Gasteiger partial charge on any atom is 0.158 e. The molecule has 0 aromatic carbocycles. The van der Waals surface area contributed by atoms with Crippen LogP contribution in [0.25, 0.3) is 0 Å². The molecule has 2 rings (SSSR count). The van der Waals surface area contributed by atoms with Gasteiger partial charge in [-0.1, -0.05) is 0 Å². The molecule has 1 heterocycles. The average Bonchev–Trinajstić information content (AvgIpc) is 3.13. The summed E-state index contributed by atoms with van der Waals surface area (Å²) in [7, 11) is 0. The van der Waals surface area contributed by atoms with Crippen molar-refractivity contribution < 1.29 is 0 Å². The molecule has 0 atom stereocenters. The molecule has 1 aromatic heterocycles. The van der Waals surface area contributed by atoms with Crippen molar-refractivity contribution in [3.05, 3.63) is 18.1 Å². The van der Waals surface area contributed by atoms with E-state index in [1.807, 2.05) is 0 Å². The molecule has 0 radical (unpaired) electrons. The summed E-state index contributed by atoms with van der Waals surface area (Å²) in [6.45, 7) is 6.50. The molecule has 3 N–H and O–H groups in total. The Morgan fingerprint density at radius 3 is 2.65 bits per heavy atom. The number of hydrogen-bond donors (Lipinski definition) is 2. The van der Waals surface area contributed by atoms with Crippen molar-refractivity contribution in [3.8, 4) is 0 Å². The quantitative estimate of drug-likeness (QED) is 0.576. The molecule has 1 aromatic rings. The van der Waals surface area contributed by atoms with Crippen molar-refractivity contribution in [1.29, 1.82) is 0 Å². The van der Waals surface area contributed by atoms with Gasteiger partial charge in [-0.3, -0.25) is 9.88 Å². The number of nitrogens with zero attached hydrogens (tertiary/aromatic N) is 3. The van der Waals surface area contributed by atoms with Crippen LogP contribution in [-0.4, -0.2) is 27.5 Å². The van der Waals surface area contributed by atoms with Gasteiger partial charge in [0.1, 0.15) is 0 Å². The predicted molar refractivity (Wildman–Crippen MR) is 68.1 cm³/mol. The second-order valence-corrected chi connectivity index (χ2v) is 5.00. The molecule has 0 bridgehead atoms. The summed E-state index contributed by atoms with van der Waals surface area (Å²) in [5.41, 5.74) is 3.48. The highest BCUT2D eigenvalue weighted by Gasteiger charge is 2.25. The van der Waals surface area contributed by atoms with Crippen LogP contribution in [0.15, 0.2) is 12.4 Å². The minimum absolute atomic E-state index is 0.546. The summed E-state index contributed by atoms with van der Waals surface area (Å²) < 4.78 is 0. The van der Waals surface area contributed by atoms with Crippen LogP contribution in [0.4, 0.5) is 5.82 Å². The Balaban J connectivity index is 1.95. The van der Waals surface area contributed by atoms with Crippen LogP contribution in [0.2, 0.25) is 0 Å². The van der Waals surface area contributed by atoms with E-state index in [0.29, 0.717) is 11.9 Å². The Morgan fingerprint density at radius 1 is 1.41 bits per heavy atom. The lowest BCUT2D eigenvalue weighted by Gasteiger charge is -2.25. The number of hydrogen-bond acceptors (Lipinski definition) is 5. The monoisotopic (exact) mass is 235 g/mol. The number of hydrazine groups is 1. The highest BCUT2D eigenvalue weighted by molar-refractivity contribution is 5.28. The summed E-state index contributed by atoms with van der Waals surface area (Å²) in [4.78, 5) is 11.0. The van der Waals surface area contributed by atoms with Crippen LogP contribution in [-0.2, 0) is 6.54 Å². The maximum atomic E-state index is 5.26. The van der Waals surface area contributed by atoms with Gasteiger partial charge in [0, 0.05) is 19.1 Å². The number of aromatic nitrogens is 2. The van der Waals surface area contributed by atoms with E-state index in [-0.39, 0.29) is 0 Å². The van der Waals surface area contributed by atoms with Gasteiger partial charge in [-0.05, 0) is 32.6 Å². The average molecular weight is 235 g/mol. The Bertz CT molecular complexity index is 344. The lowest BCUT2D eigenvalue weighted by atomic mass is 10.2. The van der Waals surface area contributed by atoms with E-state index in [1.54, 1.807) is 12.4 Å². The van der Waals surface area contributed by atoms with E-state index < -0.39 is 0 Å². The van der Waals surface area contributed by atoms with Crippen LogP contribution in [0.1, 0.15) is 32.4 Å². The molecule has 1 aliphatic carbocycles. The van der Waals surface area contributed by atoms with Crippen molar-refractivity contribution in [2.45, 2.75) is 39.3 Å². The number of nitrogens with two attached hydrogens (primary N) is 1. The Labute approximate surface area is 102 Å². The Morgan fingerprint density at radius 2 is 2.18 bits per heavy atom. The fraction of sp³-hybridized carbons (Fsp3) is 0.667. The van der Waals surface area contributed by atoms with Gasteiger partial charge in [0.25, 0.3) is 0 Å². The van der Waals surface area contributed by atoms with E-state index in [1.165, 1.54) is 19.4 Å². The summed E-state index contributed by atoms with van der Waals surface area (Å²) in [6, 6.07) is 0.546. The van der Waals surface area contributed by atoms with E-state index in [4.69, 9.17) is 5.84 Å². The first kappa shape index (κ1) is 12.3. The summed E-state index contributed by atoms with van der Waals surface area (Å²) in [5, 5.41) is 0. The van der Waals surface area contributed by atoms with E-state index in [2.05, 4.69) is 34.1 Å². The lowest BCUT2D eigenvalue weighted by Crippen LogP contribution is -2.32. The normalized spacial score (nSPS) is 15.6. The molecule has 0 saturated heterocycles. The van der Waals surface area contributed by atoms with Gasteiger partial charge in [-0.15, -0.1) is 0 Å². The summed E-state index contributed by atoms with van der Waals surface area (Å²) >= 11 is 0. The molecular weight excluding hydrogens is 214 g/mol. The van der Waals surface area contributed by atoms with Crippen LogP contribution in [0.5, 0.6) is 0 Å². The summed E-state index contributed by atoms with van der Waals surface area (Å²) in [5.74, 6) is 6.76. The van der Waals surface area contributed by atoms with Crippen LogP contribution in [0.3, 0.4) is 0 Å². The third kappa shape index (κ3) is 3.64. The third-order valence-corrected chi connectivity index (χ3v) is 3.14. The second kappa shape index (κ2) is 5.42. The smallest absolute Gasteiger partial charge is 0.158 e. The maximum absolute atomic E-state index is 5.26. The molecule has 17 heavy (non-hydrogen) atoms. The fourth-order valence-electron chi connectivity index (χ4n) is 1.81. The summed E-state index contributed by atoms with van der Waals surface area (Å²) in [6.07, 6.45) is 6.22. The lowest BCUT2D eigenvalue weighted by molar-refractivity contribution is 0.201. The first-order chi connectivity index (χ1) is 8.19. The molecule has 94 valence electrons. The largest absolute Gasteiger partial charge is 0.307 e. The van der Waals surface area contributed by atoms with Crippen molar-refractivity contribution in [1.82, 2.24) is 14.9 Å². The fourth-order valence-corrected chi connectivity index (χ4v) is 1.81. The van der Waals surface area contributed by atoms with Gasteiger partial charge in [0.05, 0.1) is 18.1 Å². The van der Waals surface area contributed by atoms with E-state index in [9.17, 15) is 0 Å². The molecular formula is C12H21N5. The molecule has 1 fully saturated rings. The van der Waals surface area contributed by atoms with E-state index in [0.717, 1.165) is 18.2 Å². The molecule has 5 heteroatoms. The van der Waals surface area contributed by atoms with Crippen molar-refractivity contribution in [2.24, 2.45) is 11.8 Å². The van der Waals surface area contributed by atoms with Gasteiger partial charge in [-0.2, -0.15) is 0 Å². The number of rotatable bonds is 6. The predicted octanol–water partition coefficient (Wildman–Crippen LogP) is 1.38. The van der Waals surface area contributed by atoms with Gasteiger partial charge in [0.15, 0.2) is 5.82 Å². The zero-order valence-corrected chi connectivity index (χ0v) is 10.6. The minimum Gasteiger partial charge on any atom is -0.307 e. The first-order valence-corrected chi connectivity index (χ1v) is 6.20. The molecule has 0 aliphatic heterocycles. The Hall–Kier alpha value is -1.20. The highest BCUT2D eigenvalue weighted by atomic mass is 15.3. The highest BCUT2D eigenvalue weighted by Crippen LogP contribution is 2.30. The second-order valence-electron chi connectivity index (χ2n) is 5.00. The minimum atomic E-state index is 0.546. The molecule has 0 unspecified atom stereocenters. The first-order valence-electron chi connectivity index (χ1n) is 6.20. The molecule has 0 spiro atoms. The van der Waals surface area contributed by atoms with Crippen molar-refractivity contribution >= 4 is 5.82 Å². The topological polar surface area (TPSA) is 67.1 Å². The number of nitrogen functional groups attached to an aromatic ring is 1. The van der Waals surface area contributed by atoms with Gasteiger partial charge in [0.2, 0.25) is 0 Å². The third-order valence-electron chi connectivity index (χ3n) is 3.14. The number of anilines is 1.